The molecule has 2 rings (SSSR count). The van der Waals surface area contributed by atoms with Crippen molar-refractivity contribution in [1.29, 1.82) is 0 Å². The van der Waals surface area contributed by atoms with Crippen LogP contribution in [0.5, 0.6) is 0 Å². The molecule has 0 aromatic rings. The second-order valence-electron chi connectivity index (χ2n) is 6.85. The molecule has 0 spiro atoms. The number of hydrogen-bond donors (Lipinski definition) is 0. The Morgan fingerprint density at radius 2 is 1.81 bits per heavy atom. The Morgan fingerprint density at radius 3 is 2.44 bits per heavy atom. The standard InChI is InChI=1S/C16H26/c1-11-6-8-13(16(3,4)5)10-15-12(2)7-9-14(11)15/h7-8,11,14-15H,6,9-10H2,1-5H3. The van der Waals surface area contributed by atoms with E-state index in [1.54, 1.807) is 11.1 Å². The van der Waals surface area contributed by atoms with Crippen molar-refractivity contribution in [3.63, 3.8) is 0 Å². The quantitative estimate of drug-likeness (QED) is 0.503. The third-order valence-electron chi connectivity index (χ3n) is 4.68. The topological polar surface area (TPSA) is 0 Å². The molecule has 0 saturated carbocycles. The average molecular weight is 218 g/mol. The first-order valence-corrected chi connectivity index (χ1v) is 6.75. The highest BCUT2D eigenvalue weighted by Crippen LogP contribution is 2.46. The summed E-state index contributed by atoms with van der Waals surface area (Å²) in [5.41, 5.74) is 3.69. The lowest BCUT2D eigenvalue weighted by Crippen LogP contribution is -2.18. The fraction of sp³-hybridized carbons (Fsp3) is 0.750. The van der Waals surface area contributed by atoms with Gasteiger partial charge in [0.1, 0.15) is 0 Å². The lowest BCUT2D eigenvalue weighted by atomic mass is 9.77. The van der Waals surface area contributed by atoms with Gasteiger partial charge in [-0.2, -0.15) is 0 Å². The summed E-state index contributed by atoms with van der Waals surface area (Å²) in [5.74, 6) is 2.61. The van der Waals surface area contributed by atoms with Gasteiger partial charge in [0.2, 0.25) is 0 Å². The molecule has 2 aliphatic carbocycles. The molecule has 0 nitrogen and oxygen atoms in total. The maximum Gasteiger partial charge on any atom is -0.0135 e. The SMILES string of the molecule is CC1=CCC2C(C)CC=C(C(C)(C)C)CC12. The molecule has 2 aliphatic rings. The van der Waals surface area contributed by atoms with E-state index in [1.807, 2.05) is 0 Å². The molecule has 0 saturated heterocycles. The van der Waals surface area contributed by atoms with Crippen LogP contribution in [0.2, 0.25) is 0 Å². The molecule has 90 valence electrons. The van der Waals surface area contributed by atoms with Crippen LogP contribution < -0.4 is 0 Å². The number of allylic oxidation sites excluding steroid dienone is 4. The highest BCUT2D eigenvalue weighted by Gasteiger charge is 2.35. The molecule has 0 aliphatic heterocycles. The summed E-state index contributed by atoms with van der Waals surface area (Å²) >= 11 is 0. The summed E-state index contributed by atoms with van der Waals surface area (Å²) in [4.78, 5) is 0. The van der Waals surface area contributed by atoms with Crippen molar-refractivity contribution in [2.24, 2.45) is 23.2 Å². The van der Waals surface area contributed by atoms with Crippen LogP contribution in [0.4, 0.5) is 0 Å². The van der Waals surface area contributed by atoms with Crippen molar-refractivity contribution in [1.82, 2.24) is 0 Å². The molecular weight excluding hydrogens is 192 g/mol. The smallest absolute Gasteiger partial charge is 0.0135 e. The summed E-state index contributed by atoms with van der Waals surface area (Å²) < 4.78 is 0. The largest absolute Gasteiger partial charge is 0.0850 e. The molecule has 0 N–H and O–H groups in total. The minimum Gasteiger partial charge on any atom is -0.0850 e. The highest BCUT2D eigenvalue weighted by atomic mass is 14.4. The van der Waals surface area contributed by atoms with Gasteiger partial charge >= 0.3 is 0 Å². The Balaban J connectivity index is 2.25. The normalized spacial score (nSPS) is 35.2. The minimum atomic E-state index is 0.359. The van der Waals surface area contributed by atoms with Gasteiger partial charge in [0, 0.05) is 0 Å². The van der Waals surface area contributed by atoms with E-state index in [9.17, 15) is 0 Å². The van der Waals surface area contributed by atoms with Gasteiger partial charge in [-0.05, 0) is 49.4 Å². The molecule has 16 heavy (non-hydrogen) atoms. The van der Waals surface area contributed by atoms with Crippen molar-refractivity contribution < 1.29 is 0 Å². The zero-order chi connectivity index (χ0) is 11.9. The number of fused-ring (bicyclic) bond motifs is 1. The van der Waals surface area contributed by atoms with Crippen molar-refractivity contribution >= 4 is 0 Å². The average Bonchev–Trinajstić information content (AvgIpc) is 2.42. The predicted octanol–water partition coefficient (Wildman–Crippen LogP) is 4.97. The lowest BCUT2D eigenvalue weighted by Gasteiger charge is -2.28. The van der Waals surface area contributed by atoms with Crippen LogP contribution in [0.15, 0.2) is 23.3 Å². The summed E-state index contributed by atoms with van der Waals surface area (Å²) in [6, 6.07) is 0. The first-order chi connectivity index (χ1) is 7.39. The van der Waals surface area contributed by atoms with E-state index in [1.165, 1.54) is 19.3 Å². The Labute approximate surface area is 101 Å². The molecule has 3 atom stereocenters. The molecule has 0 heteroatoms. The molecule has 0 amide bonds. The van der Waals surface area contributed by atoms with Gasteiger partial charge in [-0.1, -0.05) is 51.0 Å². The van der Waals surface area contributed by atoms with Crippen LogP contribution in [-0.2, 0) is 0 Å². The molecule has 3 unspecified atom stereocenters. The predicted molar refractivity (Wildman–Crippen MR) is 71.3 cm³/mol. The van der Waals surface area contributed by atoms with Gasteiger partial charge in [-0.15, -0.1) is 0 Å². The Bertz CT molecular complexity index is 324. The van der Waals surface area contributed by atoms with Crippen molar-refractivity contribution in [2.75, 3.05) is 0 Å². The van der Waals surface area contributed by atoms with Gasteiger partial charge in [0.05, 0.1) is 0 Å². The van der Waals surface area contributed by atoms with Gasteiger partial charge in [0.15, 0.2) is 0 Å². The zero-order valence-corrected chi connectivity index (χ0v) is 11.5. The van der Waals surface area contributed by atoms with Crippen LogP contribution in [0.3, 0.4) is 0 Å². The van der Waals surface area contributed by atoms with Crippen molar-refractivity contribution in [2.45, 2.75) is 53.9 Å². The summed E-state index contributed by atoms with van der Waals surface area (Å²) in [5, 5.41) is 0. The van der Waals surface area contributed by atoms with E-state index < -0.39 is 0 Å². The summed E-state index contributed by atoms with van der Waals surface area (Å²) in [7, 11) is 0. The molecule has 0 aromatic carbocycles. The van der Waals surface area contributed by atoms with E-state index in [2.05, 4.69) is 46.8 Å². The fourth-order valence-electron chi connectivity index (χ4n) is 3.35. The van der Waals surface area contributed by atoms with E-state index in [0.717, 1.165) is 17.8 Å². The Hall–Kier alpha value is -0.520. The molecule has 0 aromatic heterocycles. The van der Waals surface area contributed by atoms with E-state index in [0.29, 0.717) is 5.41 Å². The zero-order valence-electron chi connectivity index (χ0n) is 11.5. The van der Waals surface area contributed by atoms with E-state index in [-0.39, 0.29) is 0 Å². The molecule has 0 fully saturated rings. The molecule has 0 radical (unpaired) electrons. The van der Waals surface area contributed by atoms with Crippen LogP contribution >= 0.6 is 0 Å². The van der Waals surface area contributed by atoms with Gasteiger partial charge in [-0.25, -0.2) is 0 Å². The van der Waals surface area contributed by atoms with E-state index >= 15 is 0 Å². The first kappa shape index (κ1) is 12.0. The van der Waals surface area contributed by atoms with Gasteiger partial charge in [-0.3, -0.25) is 0 Å². The Kier molecular flexibility index (Phi) is 3.03. The van der Waals surface area contributed by atoms with Crippen LogP contribution in [-0.4, -0.2) is 0 Å². The maximum absolute atomic E-state index is 2.54. The van der Waals surface area contributed by atoms with Gasteiger partial charge in [0.25, 0.3) is 0 Å². The van der Waals surface area contributed by atoms with Gasteiger partial charge < -0.3 is 0 Å². The first-order valence-electron chi connectivity index (χ1n) is 6.75. The maximum atomic E-state index is 2.54. The second-order valence-corrected chi connectivity index (χ2v) is 6.85. The van der Waals surface area contributed by atoms with Crippen molar-refractivity contribution in [3.8, 4) is 0 Å². The molecule has 0 heterocycles. The lowest BCUT2D eigenvalue weighted by molar-refractivity contribution is 0.294. The summed E-state index contributed by atoms with van der Waals surface area (Å²) in [6.45, 7) is 11.8. The Morgan fingerprint density at radius 1 is 1.12 bits per heavy atom. The highest BCUT2D eigenvalue weighted by molar-refractivity contribution is 5.23. The van der Waals surface area contributed by atoms with Crippen LogP contribution in [0.25, 0.3) is 0 Å². The van der Waals surface area contributed by atoms with Crippen molar-refractivity contribution in [3.05, 3.63) is 23.3 Å². The monoisotopic (exact) mass is 218 g/mol. The fourth-order valence-corrected chi connectivity index (χ4v) is 3.35. The second kappa shape index (κ2) is 4.05. The molecule has 0 bridgehead atoms. The number of hydrogen-bond acceptors (Lipinski definition) is 0. The van der Waals surface area contributed by atoms with Crippen LogP contribution in [0.1, 0.15) is 53.9 Å². The molecular formula is C16H26. The number of rotatable bonds is 0. The summed E-state index contributed by atoms with van der Waals surface area (Å²) in [6.07, 6.45) is 8.94. The third kappa shape index (κ3) is 2.12. The minimum absolute atomic E-state index is 0.359. The van der Waals surface area contributed by atoms with Crippen LogP contribution in [0, 0.1) is 23.2 Å². The third-order valence-corrected chi connectivity index (χ3v) is 4.68. The van der Waals surface area contributed by atoms with E-state index in [4.69, 9.17) is 0 Å².